The van der Waals surface area contributed by atoms with E-state index in [1.165, 1.54) is 0 Å². The Balaban J connectivity index is 1.43. The van der Waals surface area contributed by atoms with Gasteiger partial charge in [0.25, 0.3) is 0 Å². The zero-order valence-corrected chi connectivity index (χ0v) is 19.6. The standard InChI is InChI=1S/C26H32N4O3/c1-18(31)28(2)23-5-4-6-25(33-3)22(23)12-15-29-13-10-21(11-14-29)30-16-9-19-7-8-20(26(27)32)17-24(19)30/h4-9,16-17,21H,10-15H2,1-3H3,(H2,27,32). The number of carbonyl (C=O) groups is 2. The maximum Gasteiger partial charge on any atom is 0.248 e. The summed E-state index contributed by atoms with van der Waals surface area (Å²) in [7, 11) is 3.48. The molecule has 0 atom stereocenters. The van der Waals surface area contributed by atoms with Crippen LogP contribution in [0.1, 0.15) is 41.7 Å². The third-order valence-corrected chi connectivity index (χ3v) is 6.80. The van der Waals surface area contributed by atoms with Crippen molar-refractivity contribution in [2.75, 3.05) is 38.7 Å². The summed E-state index contributed by atoms with van der Waals surface area (Å²) in [6.45, 7) is 4.47. The molecular weight excluding hydrogens is 416 g/mol. The highest BCUT2D eigenvalue weighted by molar-refractivity contribution is 5.97. The second-order valence-electron chi connectivity index (χ2n) is 8.72. The van der Waals surface area contributed by atoms with Gasteiger partial charge in [0, 0.05) is 62.5 Å². The number of nitrogens with two attached hydrogens (primary N) is 1. The molecule has 0 bridgehead atoms. The molecule has 0 unspecified atom stereocenters. The van der Waals surface area contributed by atoms with Gasteiger partial charge in [-0.1, -0.05) is 12.1 Å². The molecule has 1 saturated heterocycles. The summed E-state index contributed by atoms with van der Waals surface area (Å²) >= 11 is 0. The maximum atomic E-state index is 11.9. The third-order valence-electron chi connectivity index (χ3n) is 6.80. The third kappa shape index (κ3) is 4.73. The van der Waals surface area contributed by atoms with Gasteiger partial charge in [-0.25, -0.2) is 0 Å². The molecule has 1 aliphatic rings. The van der Waals surface area contributed by atoms with Gasteiger partial charge >= 0.3 is 0 Å². The first-order chi connectivity index (χ1) is 15.9. The Morgan fingerprint density at radius 2 is 1.91 bits per heavy atom. The highest BCUT2D eigenvalue weighted by atomic mass is 16.5. The van der Waals surface area contributed by atoms with E-state index in [1.807, 2.05) is 30.3 Å². The number of hydrogen-bond acceptors (Lipinski definition) is 4. The number of ether oxygens (including phenoxy) is 1. The minimum Gasteiger partial charge on any atom is -0.496 e. The van der Waals surface area contributed by atoms with Crippen molar-refractivity contribution in [3.05, 3.63) is 59.8 Å². The van der Waals surface area contributed by atoms with E-state index in [1.54, 1.807) is 32.0 Å². The van der Waals surface area contributed by atoms with E-state index in [2.05, 4.69) is 21.7 Å². The number of nitrogens with zero attached hydrogens (tertiary/aromatic N) is 3. The van der Waals surface area contributed by atoms with Gasteiger partial charge in [0.1, 0.15) is 5.75 Å². The average Bonchev–Trinajstić information content (AvgIpc) is 3.25. The van der Waals surface area contributed by atoms with Gasteiger partial charge in [0.15, 0.2) is 0 Å². The number of benzene rings is 2. The molecule has 7 heteroatoms. The lowest BCUT2D eigenvalue weighted by molar-refractivity contribution is -0.116. The van der Waals surface area contributed by atoms with Crippen molar-refractivity contribution in [1.29, 1.82) is 0 Å². The summed E-state index contributed by atoms with van der Waals surface area (Å²) in [5, 5.41) is 1.13. The molecule has 4 rings (SSSR count). The number of anilines is 1. The fourth-order valence-electron chi connectivity index (χ4n) is 4.79. The summed E-state index contributed by atoms with van der Waals surface area (Å²) in [6.07, 6.45) is 5.01. The highest BCUT2D eigenvalue weighted by Crippen LogP contribution is 2.31. The van der Waals surface area contributed by atoms with Gasteiger partial charge in [-0.05, 0) is 55.0 Å². The first kappa shape index (κ1) is 22.9. The number of aromatic nitrogens is 1. The van der Waals surface area contributed by atoms with Crippen molar-refractivity contribution in [1.82, 2.24) is 9.47 Å². The van der Waals surface area contributed by atoms with E-state index < -0.39 is 5.91 Å². The molecular formula is C26H32N4O3. The molecule has 1 aromatic heterocycles. The summed E-state index contributed by atoms with van der Waals surface area (Å²) < 4.78 is 7.89. The second kappa shape index (κ2) is 9.67. The molecule has 7 nitrogen and oxygen atoms in total. The monoisotopic (exact) mass is 448 g/mol. The molecule has 0 radical (unpaired) electrons. The second-order valence-corrected chi connectivity index (χ2v) is 8.72. The van der Waals surface area contributed by atoms with Crippen molar-refractivity contribution in [3.8, 4) is 5.75 Å². The quantitative estimate of drug-likeness (QED) is 0.599. The van der Waals surface area contributed by atoms with Crippen LogP contribution in [0, 0.1) is 0 Å². The van der Waals surface area contributed by atoms with E-state index in [-0.39, 0.29) is 5.91 Å². The van der Waals surface area contributed by atoms with Crippen LogP contribution < -0.4 is 15.4 Å². The summed E-state index contributed by atoms with van der Waals surface area (Å²) in [5.74, 6) is 0.425. The lowest BCUT2D eigenvalue weighted by Crippen LogP contribution is -2.36. The number of carbonyl (C=O) groups excluding carboxylic acids is 2. The lowest BCUT2D eigenvalue weighted by atomic mass is 10.0. The van der Waals surface area contributed by atoms with E-state index in [4.69, 9.17) is 10.5 Å². The first-order valence-electron chi connectivity index (χ1n) is 11.4. The highest BCUT2D eigenvalue weighted by Gasteiger charge is 2.23. The smallest absolute Gasteiger partial charge is 0.248 e. The average molecular weight is 449 g/mol. The Morgan fingerprint density at radius 3 is 2.58 bits per heavy atom. The van der Waals surface area contributed by atoms with E-state index in [0.717, 1.165) is 66.8 Å². The number of amides is 2. The predicted molar refractivity (Wildman–Crippen MR) is 131 cm³/mol. The molecule has 2 N–H and O–H groups in total. The molecule has 2 amide bonds. The molecule has 0 aliphatic carbocycles. The molecule has 174 valence electrons. The van der Waals surface area contributed by atoms with Crippen LogP contribution >= 0.6 is 0 Å². The van der Waals surface area contributed by atoms with Crippen molar-refractivity contribution in [2.24, 2.45) is 5.73 Å². The minimum atomic E-state index is -0.398. The molecule has 1 aliphatic heterocycles. The Bertz CT molecular complexity index is 1160. The number of primary amides is 1. The molecule has 1 fully saturated rings. The number of fused-ring (bicyclic) bond motifs is 1. The number of piperidine rings is 1. The zero-order chi connectivity index (χ0) is 23.5. The largest absolute Gasteiger partial charge is 0.496 e. The molecule has 33 heavy (non-hydrogen) atoms. The van der Waals surface area contributed by atoms with Gasteiger partial charge in [-0.2, -0.15) is 0 Å². The van der Waals surface area contributed by atoms with E-state index in [0.29, 0.717) is 11.6 Å². The number of hydrogen-bond donors (Lipinski definition) is 1. The van der Waals surface area contributed by atoms with Gasteiger partial charge in [0.2, 0.25) is 11.8 Å². The van der Waals surface area contributed by atoms with Crippen molar-refractivity contribution in [3.63, 3.8) is 0 Å². The van der Waals surface area contributed by atoms with Crippen molar-refractivity contribution < 1.29 is 14.3 Å². The maximum absolute atomic E-state index is 11.9. The van der Waals surface area contributed by atoms with Crippen molar-refractivity contribution >= 4 is 28.4 Å². The Kier molecular flexibility index (Phi) is 6.70. The van der Waals surface area contributed by atoms with Crippen LogP contribution in [0.4, 0.5) is 5.69 Å². The van der Waals surface area contributed by atoms with Crippen molar-refractivity contribution in [2.45, 2.75) is 32.2 Å². The molecule has 2 aromatic carbocycles. The molecule has 0 spiro atoms. The predicted octanol–water partition coefficient (Wildman–Crippen LogP) is 3.61. The van der Waals surface area contributed by atoms with Gasteiger partial charge in [-0.3, -0.25) is 9.59 Å². The Labute approximate surface area is 194 Å². The normalized spacial score (nSPS) is 15.0. The summed E-state index contributed by atoms with van der Waals surface area (Å²) in [6, 6.07) is 14.0. The fraction of sp³-hybridized carbons (Fsp3) is 0.385. The van der Waals surface area contributed by atoms with Crippen LogP contribution in [0.25, 0.3) is 10.9 Å². The van der Waals surface area contributed by atoms with Crippen LogP contribution in [0.5, 0.6) is 5.75 Å². The number of methoxy groups -OCH3 is 1. The van der Waals surface area contributed by atoms with Gasteiger partial charge in [-0.15, -0.1) is 0 Å². The Morgan fingerprint density at radius 1 is 1.15 bits per heavy atom. The zero-order valence-electron chi connectivity index (χ0n) is 19.6. The number of likely N-dealkylation sites (tertiary alicyclic amines) is 1. The van der Waals surface area contributed by atoms with Gasteiger partial charge < -0.3 is 24.8 Å². The lowest BCUT2D eigenvalue weighted by Gasteiger charge is -2.33. The molecule has 0 saturated carbocycles. The van der Waals surface area contributed by atoms with Crippen LogP contribution in [-0.4, -0.2) is 55.1 Å². The topological polar surface area (TPSA) is 80.8 Å². The van der Waals surface area contributed by atoms with Crippen LogP contribution in [0.3, 0.4) is 0 Å². The van der Waals surface area contributed by atoms with Crippen LogP contribution in [-0.2, 0) is 11.2 Å². The number of rotatable bonds is 7. The summed E-state index contributed by atoms with van der Waals surface area (Å²) in [4.78, 5) is 27.7. The van der Waals surface area contributed by atoms with Crippen LogP contribution in [0.15, 0.2) is 48.7 Å². The fourth-order valence-corrected chi connectivity index (χ4v) is 4.79. The first-order valence-corrected chi connectivity index (χ1v) is 11.4. The van der Waals surface area contributed by atoms with E-state index >= 15 is 0 Å². The SMILES string of the molecule is COc1cccc(N(C)C(C)=O)c1CCN1CCC(n2ccc3ccc(C(N)=O)cc32)CC1. The molecule has 2 heterocycles. The Hall–Kier alpha value is -3.32. The van der Waals surface area contributed by atoms with Gasteiger partial charge in [0.05, 0.1) is 12.8 Å². The summed E-state index contributed by atoms with van der Waals surface area (Å²) in [5.41, 5.74) is 9.06. The molecule has 3 aromatic rings. The van der Waals surface area contributed by atoms with E-state index in [9.17, 15) is 9.59 Å². The minimum absolute atomic E-state index is 0.00348. The van der Waals surface area contributed by atoms with Crippen LogP contribution in [0.2, 0.25) is 0 Å².